The fourth-order valence-electron chi connectivity index (χ4n) is 3.99. The number of hydrogen-bond donors (Lipinski definition) is 3. The molecule has 1 aromatic carbocycles. The number of nitrogens with one attached hydrogen (secondary N) is 3. The SMILES string of the molecule is O=C1OCCN1c1ccc2c(-c3nc(NC4CCNC4)ncc3C(F)(F)F)c[nH]c2c1Br. The van der Waals surface area contributed by atoms with Gasteiger partial charge in [0.1, 0.15) is 12.2 Å². The molecule has 12 heteroatoms. The minimum atomic E-state index is -4.62. The van der Waals surface area contributed by atoms with Gasteiger partial charge in [0.25, 0.3) is 0 Å². The number of cyclic esters (lactones) is 1. The van der Waals surface area contributed by atoms with Crippen molar-refractivity contribution >= 4 is 44.6 Å². The first-order valence-electron chi connectivity index (χ1n) is 9.98. The van der Waals surface area contributed by atoms with E-state index in [1.54, 1.807) is 12.1 Å². The molecular formula is C20H18BrF3N6O2. The molecule has 168 valence electrons. The standard InChI is InChI=1S/C20H18BrF3N6O2/c21-15-14(30-5-6-32-19(30)31)2-1-11-12(8-26-17(11)15)16-13(20(22,23)24)9-27-18(29-16)28-10-3-4-25-7-10/h1-2,8-10,25-26H,3-7H2,(H,27,28,29). The summed E-state index contributed by atoms with van der Waals surface area (Å²) in [5, 5.41) is 6.82. The highest BCUT2D eigenvalue weighted by atomic mass is 79.9. The number of nitrogens with zero attached hydrogens (tertiary/aromatic N) is 3. The molecule has 0 aliphatic carbocycles. The van der Waals surface area contributed by atoms with Crippen molar-refractivity contribution in [2.75, 3.05) is 36.5 Å². The molecule has 32 heavy (non-hydrogen) atoms. The van der Waals surface area contributed by atoms with Crippen LogP contribution in [0.3, 0.4) is 0 Å². The number of hydrogen-bond acceptors (Lipinski definition) is 6. The third-order valence-electron chi connectivity index (χ3n) is 5.57. The number of carbonyl (C=O) groups is 1. The van der Waals surface area contributed by atoms with Gasteiger partial charge in [0.05, 0.1) is 27.9 Å². The van der Waals surface area contributed by atoms with E-state index in [-0.39, 0.29) is 24.3 Å². The number of aromatic amines is 1. The first-order chi connectivity index (χ1) is 15.3. The molecule has 1 amide bonds. The zero-order chi connectivity index (χ0) is 22.5. The molecule has 2 saturated heterocycles. The largest absolute Gasteiger partial charge is 0.447 e. The number of anilines is 2. The first-order valence-corrected chi connectivity index (χ1v) is 10.8. The minimum absolute atomic E-state index is 0.0551. The number of halogens is 4. The average Bonchev–Trinajstić information content (AvgIpc) is 3.49. The lowest BCUT2D eigenvalue weighted by atomic mass is 10.1. The third-order valence-corrected chi connectivity index (χ3v) is 6.37. The minimum Gasteiger partial charge on any atom is -0.447 e. The lowest BCUT2D eigenvalue weighted by Crippen LogP contribution is -2.24. The molecule has 5 rings (SSSR count). The molecule has 0 bridgehead atoms. The van der Waals surface area contributed by atoms with Crippen LogP contribution in [0.25, 0.3) is 22.2 Å². The second-order valence-corrected chi connectivity index (χ2v) is 8.37. The summed E-state index contributed by atoms with van der Waals surface area (Å²) in [6.45, 7) is 2.20. The molecular weight excluding hydrogens is 493 g/mol. The Labute approximate surface area is 188 Å². The van der Waals surface area contributed by atoms with Gasteiger partial charge in [-0.1, -0.05) is 0 Å². The number of benzene rings is 1. The van der Waals surface area contributed by atoms with Crippen molar-refractivity contribution in [3.63, 3.8) is 0 Å². The normalized spacial score (nSPS) is 19.1. The predicted molar refractivity (Wildman–Crippen MR) is 116 cm³/mol. The number of H-pyrrole nitrogens is 1. The van der Waals surface area contributed by atoms with E-state index in [0.717, 1.165) is 19.2 Å². The van der Waals surface area contributed by atoms with Crippen molar-refractivity contribution in [1.29, 1.82) is 0 Å². The highest BCUT2D eigenvalue weighted by Crippen LogP contribution is 2.42. The average molecular weight is 511 g/mol. The van der Waals surface area contributed by atoms with E-state index >= 15 is 0 Å². The summed E-state index contributed by atoms with van der Waals surface area (Å²) in [6.07, 6.45) is -1.95. The summed E-state index contributed by atoms with van der Waals surface area (Å²) in [5.74, 6) is 0.145. The van der Waals surface area contributed by atoms with E-state index in [1.807, 2.05) is 0 Å². The Morgan fingerprint density at radius 3 is 2.84 bits per heavy atom. The van der Waals surface area contributed by atoms with Gasteiger partial charge >= 0.3 is 12.3 Å². The molecule has 3 N–H and O–H groups in total. The van der Waals surface area contributed by atoms with Crippen molar-refractivity contribution in [2.45, 2.75) is 18.6 Å². The quantitative estimate of drug-likeness (QED) is 0.488. The Bertz CT molecular complexity index is 1190. The number of amides is 1. The number of ether oxygens (including phenoxy) is 1. The van der Waals surface area contributed by atoms with Crippen LogP contribution in [0.4, 0.5) is 29.6 Å². The van der Waals surface area contributed by atoms with Crippen molar-refractivity contribution < 1.29 is 22.7 Å². The molecule has 2 aliphatic heterocycles. The van der Waals surface area contributed by atoms with Crippen LogP contribution in [0.5, 0.6) is 0 Å². The Kier molecular flexibility index (Phi) is 5.20. The summed E-state index contributed by atoms with van der Waals surface area (Å²) in [6, 6.07) is 3.40. The van der Waals surface area contributed by atoms with Crippen LogP contribution >= 0.6 is 15.9 Å². The van der Waals surface area contributed by atoms with Crippen LogP contribution in [0.1, 0.15) is 12.0 Å². The molecule has 2 aromatic heterocycles. The van der Waals surface area contributed by atoms with E-state index in [1.165, 1.54) is 11.1 Å². The second kappa shape index (κ2) is 7.93. The third kappa shape index (κ3) is 3.66. The van der Waals surface area contributed by atoms with Gasteiger partial charge in [-0.2, -0.15) is 13.2 Å². The number of alkyl halides is 3. The summed E-state index contributed by atoms with van der Waals surface area (Å²) in [5.41, 5.74) is 0.282. The molecule has 2 aliphatic rings. The van der Waals surface area contributed by atoms with Crippen LogP contribution in [-0.4, -0.2) is 53.3 Å². The van der Waals surface area contributed by atoms with Crippen molar-refractivity contribution in [1.82, 2.24) is 20.3 Å². The van der Waals surface area contributed by atoms with Crippen LogP contribution in [0.15, 0.2) is 29.0 Å². The maximum Gasteiger partial charge on any atom is 0.419 e. The molecule has 4 heterocycles. The number of aromatic nitrogens is 3. The smallest absolute Gasteiger partial charge is 0.419 e. The molecule has 8 nitrogen and oxygen atoms in total. The molecule has 0 saturated carbocycles. The van der Waals surface area contributed by atoms with Gasteiger partial charge in [0.2, 0.25) is 5.95 Å². The number of fused-ring (bicyclic) bond motifs is 1. The van der Waals surface area contributed by atoms with Crippen molar-refractivity contribution in [3.8, 4) is 11.3 Å². The number of rotatable bonds is 4. The Morgan fingerprint density at radius 2 is 2.16 bits per heavy atom. The Morgan fingerprint density at radius 1 is 1.31 bits per heavy atom. The zero-order valence-electron chi connectivity index (χ0n) is 16.6. The maximum absolute atomic E-state index is 13.8. The molecule has 0 radical (unpaired) electrons. The highest BCUT2D eigenvalue weighted by Gasteiger charge is 2.36. The van der Waals surface area contributed by atoms with E-state index in [9.17, 15) is 18.0 Å². The maximum atomic E-state index is 13.8. The molecule has 1 atom stereocenters. The van der Waals surface area contributed by atoms with E-state index < -0.39 is 17.8 Å². The zero-order valence-corrected chi connectivity index (χ0v) is 18.2. The van der Waals surface area contributed by atoms with Crippen molar-refractivity contribution in [2.24, 2.45) is 0 Å². The second-order valence-electron chi connectivity index (χ2n) is 7.58. The molecule has 1 unspecified atom stereocenters. The van der Waals surface area contributed by atoms with Crippen molar-refractivity contribution in [3.05, 3.63) is 34.6 Å². The molecule has 2 fully saturated rings. The van der Waals surface area contributed by atoms with Gasteiger partial charge in [0, 0.05) is 35.9 Å². The van der Waals surface area contributed by atoms with Crippen LogP contribution in [0, 0.1) is 0 Å². The lowest BCUT2D eigenvalue weighted by Gasteiger charge is -2.16. The monoisotopic (exact) mass is 510 g/mol. The van der Waals surface area contributed by atoms with E-state index in [2.05, 4.69) is 41.5 Å². The van der Waals surface area contributed by atoms with Crippen LogP contribution in [-0.2, 0) is 10.9 Å². The van der Waals surface area contributed by atoms with Gasteiger partial charge in [-0.05, 0) is 41.0 Å². The fraction of sp³-hybridized carbons (Fsp3) is 0.350. The Hall–Kier alpha value is -2.86. The highest BCUT2D eigenvalue weighted by molar-refractivity contribution is 9.10. The van der Waals surface area contributed by atoms with Gasteiger partial charge in [-0.25, -0.2) is 14.8 Å². The molecule has 3 aromatic rings. The fourth-order valence-corrected chi connectivity index (χ4v) is 4.67. The first kappa shape index (κ1) is 21.0. The van der Waals surface area contributed by atoms with Gasteiger partial charge in [-0.3, -0.25) is 4.90 Å². The van der Waals surface area contributed by atoms with E-state index in [0.29, 0.717) is 39.7 Å². The number of carbonyl (C=O) groups excluding carboxylic acids is 1. The van der Waals surface area contributed by atoms with Gasteiger partial charge in [-0.15, -0.1) is 0 Å². The van der Waals surface area contributed by atoms with E-state index in [4.69, 9.17) is 4.74 Å². The summed E-state index contributed by atoms with van der Waals surface area (Å²) < 4.78 is 46.9. The van der Waals surface area contributed by atoms with Crippen LogP contribution < -0.4 is 15.5 Å². The molecule has 0 spiro atoms. The summed E-state index contributed by atoms with van der Waals surface area (Å²) >= 11 is 3.48. The lowest BCUT2D eigenvalue weighted by molar-refractivity contribution is -0.137. The topological polar surface area (TPSA) is 95.2 Å². The van der Waals surface area contributed by atoms with Gasteiger partial charge < -0.3 is 20.4 Å². The summed E-state index contributed by atoms with van der Waals surface area (Å²) in [7, 11) is 0. The van der Waals surface area contributed by atoms with Gasteiger partial charge in [0.15, 0.2) is 0 Å². The Balaban J connectivity index is 1.60. The predicted octanol–water partition coefficient (Wildman–Crippen LogP) is 4.14. The summed E-state index contributed by atoms with van der Waals surface area (Å²) in [4.78, 5) is 24.6. The van der Waals surface area contributed by atoms with Crippen LogP contribution in [0.2, 0.25) is 0 Å².